The first-order valence-corrected chi connectivity index (χ1v) is 8.17. The topological polar surface area (TPSA) is 51.1 Å². The predicted molar refractivity (Wildman–Crippen MR) is 82.2 cm³/mol. The predicted octanol–water partition coefficient (Wildman–Crippen LogP) is 2.08. The number of rotatable bonds is 5. The van der Waals surface area contributed by atoms with Crippen molar-refractivity contribution in [1.29, 1.82) is 0 Å². The number of hydrogen-bond donors (Lipinski definition) is 0. The maximum Gasteiger partial charge on any atom is 0.115 e. The lowest BCUT2D eigenvalue weighted by Gasteiger charge is -2.32. The van der Waals surface area contributed by atoms with E-state index >= 15 is 0 Å². The summed E-state index contributed by atoms with van der Waals surface area (Å²) >= 11 is 1.72. The Balaban J connectivity index is 1.49. The molecule has 1 aliphatic heterocycles. The summed E-state index contributed by atoms with van der Waals surface area (Å²) in [5, 5.41) is 3.29. The van der Waals surface area contributed by atoms with Gasteiger partial charge in [0.25, 0.3) is 0 Å². The summed E-state index contributed by atoms with van der Waals surface area (Å²) in [4.78, 5) is 15.2. The van der Waals surface area contributed by atoms with Crippen LogP contribution in [-0.2, 0) is 17.7 Å². The van der Waals surface area contributed by atoms with Crippen molar-refractivity contribution in [1.82, 2.24) is 19.9 Å². The van der Waals surface area contributed by atoms with Gasteiger partial charge in [-0.15, -0.1) is 11.3 Å². The lowest BCUT2D eigenvalue weighted by atomic mass is 10.1. The molecule has 21 heavy (non-hydrogen) atoms. The van der Waals surface area contributed by atoms with Gasteiger partial charge in [-0.2, -0.15) is 0 Å². The molecule has 0 aliphatic carbocycles. The molecule has 1 saturated heterocycles. The lowest BCUT2D eigenvalue weighted by molar-refractivity contribution is -0.0349. The van der Waals surface area contributed by atoms with Gasteiger partial charge in [-0.3, -0.25) is 4.90 Å². The van der Waals surface area contributed by atoms with Gasteiger partial charge in [-0.05, 0) is 25.8 Å². The van der Waals surface area contributed by atoms with Gasteiger partial charge in [0.05, 0.1) is 23.4 Å². The van der Waals surface area contributed by atoms with E-state index in [0.717, 1.165) is 49.8 Å². The van der Waals surface area contributed by atoms with Crippen molar-refractivity contribution < 1.29 is 4.74 Å². The normalized spacial score (nSPS) is 19.8. The van der Waals surface area contributed by atoms with Gasteiger partial charge in [0, 0.05) is 36.9 Å². The highest BCUT2D eigenvalue weighted by Gasteiger charge is 2.21. The Bertz CT molecular complexity index is 560. The fourth-order valence-corrected chi connectivity index (χ4v) is 3.19. The molecular weight excluding hydrogens is 284 g/mol. The van der Waals surface area contributed by atoms with Crippen molar-refractivity contribution in [3.63, 3.8) is 0 Å². The van der Waals surface area contributed by atoms with Gasteiger partial charge in [-0.1, -0.05) is 0 Å². The highest BCUT2D eigenvalue weighted by molar-refractivity contribution is 7.09. The van der Waals surface area contributed by atoms with Gasteiger partial charge in [0.1, 0.15) is 6.33 Å². The van der Waals surface area contributed by atoms with Crippen molar-refractivity contribution in [3.05, 3.63) is 40.4 Å². The van der Waals surface area contributed by atoms with E-state index in [1.165, 1.54) is 5.69 Å². The second-order valence-electron chi connectivity index (χ2n) is 5.33. The molecule has 0 unspecified atom stereocenters. The number of thiazole rings is 1. The summed E-state index contributed by atoms with van der Waals surface area (Å²) in [6.45, 7) is 5.75. The van der Waals surface area contributed by atoms with Gasteiger partial charge in [0.2, 0.25) is 0 Å². The van der Waals surface area contributed by atoms with Crippen LogP contribution in [0.2, 0.25) is 0 Å². The van der Waals surface area contributed by atoms with Crippen molar-refractivity contribution >= 4 is 11.3 Å². The zero-order valence-corrected chi connectivity index (χ0v) is 13.1. The van der Waals surface area contributed by atoms with Crippen molar-refractivity contribution in [2.45, 2.75) is 32.4 Å². The molecule has 1 aliphatic rings. The zero-order valence-electron chi connectivity index (χ0n) is 12.2. The van der Waals surface area contributed by atoms with Crippen LogP contribution < -0.4 is 0 Å². The van der Waals surface area contributed by atoms with Crippen LogP contribution in [0.1, 0.15) is 22.8 Å². The molecule has 2 aromatic heterocycles. The number of aryl methyl sites for hydroxylation is 2. The number of hydrogen-bond acceptors (Lipinski definition) is 6. The Morgan fingerprint density at radius 2 is 2.38 bits per heavy atom. The van der Waals surface area contributed by atoms with Crippen LogP contribution in [0.3, 0.4) is 0 Å². The SMILES string of the molecule is Cc1nc(CN2CCO[C@@H](CCc3ccncn3)C2)cs1. The number of aromatic nitrogens is 3. The molecule has 0 bridgehead atoms. The molecule has 0 radical (unpaired) electrons. The highest BCUT2D eigenvalue weighted by atomic mass is 32.1. The lowest BCUT2D eigenvalue weighted by Crippen LogP contribution is -2.42. The molecule has 0 spiro atoms. The first-order chi connectivity index (χ1) is 10.3. The standard InChI is InChI=1S/C15H20N4OS/c1-12-18-14(10-21-12)8-19-6-7-20-15(9-19)3-2-13-4-5-16-11-17-13/h4-5,10-11,15H,2-3,6-9H2,1H3/t15-/m0/s1. The van der Waals surface area contributed by atoms with E-state index in [0.29, 0.717) is 0 Å². The first kappa shape index (κ1) is 14.6. The number of nitrogens with zero attached hydrogens (tertiary/aromatic N) is 4. The summed E-state index contributed by atoms with van der Waals surface area (Å²) in [6.07, 6.45) is 5.63. The van der Waals surface area contributed by atoms with Crippen molar-refractivity contribution in [2.24, 2.45) is 0 Å². The Kier molecular flexibility index (Phi) is 4.90. The van der Waals surface area contributed by atoms with E-state index in [-0.39, 0.29) is 6.10 Å². The smallest absolute Gasteiger partial charge is 0.115 e. The van der Waals surface area contributed by atoms with E-state index in [4.69, 9.17) is 4.74 Å². The first-order valence-electron chi connectivity index (χ1n) is 7.29. The maximum atomic E-state index is 5.87. The van der Waals surface area contributed by atoms with E-state index < -0.39 is 0 Å². The second kappa shape index (κ2) is 7.06. The van der Waals surface area contributed by atoms with Crippen LogP contribution >= 0.6 is 11.3 Å². The van der Waals surface area contributed by atoms with Crippen LogP contribution in [0.5, 0.6) is 0 Å². The molecule has 0 amide bonds. The molecule has 1 atom stereocenters. The molecule has 5 nitrogen and oxygen atoms in total. The fraction of sp³-hybridized carbons (Fsp3) is 0.533. The van der Waals surface area contributed by atoms with Crippen LogP contribution in [0.25, 0.3) is 0 Å². The number of morpholine rings is 1. The summed E-state index contributed by atoms with van der Waals surface area (Å²) < 4.78 is 5.87. The molecular formula is C15H20N4OS. The van der Waals surface area contributed by atoms with Crippen LogP contribution in [0, 0.1) is 6.92 Å². The van der Waals surface area contributed by atoms with Gasteiger partial charge >= 0.3 is 0 Å². The minimum Gasteiger partial charge on any atom is -0.376 e. The molecule has 1 fully saturated rings. The largest absolute Gasteiger partial charge is 0.376 e. The van der Waals surface area contributed by atoms with E-state index in [2.05, 4.69) is 32.2 Å². The third-order valence-corrected chi connectivity index (χ3v) is 4.46. The Labute approximate surface area is 129 Å². The Morgan fingerprint density at radius 3 is 3.14 bits per heavy atom. The van der Waals surface area contributed by atoms with Crippen LogP contribution in [0.4, 0.5) is 0 Å². The molecule has 3 rings (SSSR count). The zero-order chi connectivity index (χ0) is 14.5. The molecule has 2 aromatic rings. The molecule has 6 heteroatoms. The Hall–Kier alpha value is -1.37. The van der Waals surface area contributed by atoms with Crippen molar-refractivity contribution in [2.75, 3.05) is 19.7 Å². The molecule has 112 valence electrons. The van der Waals surface area contributed by atoms with Crippen molar-refractivity contribution in [3.8, 4) is 0 Å². The summed E-state index contributed by atoms with van der Waals surface area (Å²) in [6, 6.07) is 1.97. The maximum absolute atomic E-state index is 5.87. The average Bonchev–Trinajstić information content (AvgIpc) is 2.92. The van der Waals surface area contributed by atoms with Crippen LogP contribution in [-0.4, -0.2) is 45.7 Å². The molecule has 0 saturated carbocycles. The molecule has 0 N–H and O–H groups in total. The fourth-order valence-electron chi connectivity index (χ4n) is 2.58. The van der Waals surface area contributed by atoms with E-state index in [1.807, 2.05) is 6.07 Å². The quantitative estimate of drug-likeness (QED) is 0.846. The van der Waals surface area contributed by atoms with E-state index in [9.17, 15) is 0 Å². The average molecular weight is 304 g/mol. The minimum absolute atomic E-state index is 0.286. The van der Waals surface area contributed by atoms with Gasteiger partial charge < -0.3 is 4.74 Å². The van der Waals surface area contributed by atoms with Crippen LogP contribution in [0.15, 0.2) is 24.0 Å². The second-order valence-corrected chi connectivity index (χ2v) is 6.39. The summed E-state index contributed by atoms with van der Waals surface area (Å²) in [5.41, 5.74) is 2.26. The summed E-state index contributed by atoms with van der Waals surface area (Å²) in [5.74, 6) is 0. The minimum atomic E-state index is 0.286. The Morgan fingerprint density at radius 1 is 1.43 bits per heavy atom. The molecule has 0 aromatic carbocycles. The highest BCUT2D eigenvalue weighted by Crippen LogP contribution is 2.15. The summed E-state index contributed by atoms with van der Waals surface area (Å²) in [7, 11) is 0. The number of ether oxygens (including phenoxy) is 1. The monoisotopic (exact) mass is 304 g/mol. The van der Waals surface area contributed by atoms with Gasteiger partial charge in [-0.25, -0.2) is 15.0 Å². The van der Waals surface area contributed by atoms with Gasteiger partial charge in [0.15, 0.2) is 0 Å². The molecule has 3 heterocycles. The third-order valence-electron chi connectivity index (χ3n) is 3.64. The third kappa shape index (κ3) is 4.30. The van der Waals surface area contributed by atoms with E-state index in [1.54, 1.807) is 23.9 Å².